The van der Waals surface area contributed by atoms with E-state index in [1.54, 1.807) is 36.7 Å². The molecule has 96 valence electrons. The lowest BCUT2D eigenvalue weighted by Gasteiger charge is -2.07. The first-order chi connectivity index (χ1) is 9.24. The Morgan fingerprint density at radius 3 is 2.95 bits per heavy atom. The monoisotopic (exact) mass is 256 g/mol. The molecule has 5 heteroatoms. The standard InChI is InChI=1S/C14H12N2O3/c1-9-4-5-15-7-11(9)14(17)16-10-2-3-12-13(6-10)19-8-18-12/h2-7H,8H2,1H3,(H,16,17). The number of pyridine rings is 1. The largest absolute Gasteiger partial charge is 0.454 e. The molecule has 1 N–H and O–H groups in total. The van der Waals surface area contributed by atoms with E-state index in [-0.39, 0.29) is 12.7 Å². The number of carbonyl (C=O) groups is 1. The van der Waals surface area contributed by atoms with E-state index >= 15 is 0 Å². The summed E-state index contributed by atoms with van der Waals surface area (Å²) in [6.45, 7) is 2.09. The predicted molar refractivity (Wildman–Crippen MR) is 69.5 cm³/mol. The summed E-state index contributed by atoms with van der Waals surface area (Å²) in [6.07, 6.45) is 3.21. The molecule has 1 aliphatic heterocycles. The van der Waals surface area contributed by atoms with Crippen LogP contribution in [0.1, 0.15) is 15.9 Å². The second kappa shape index (κ2) is 4.61. The number of nitrogens with one attached hydrogen (secondary N) is 1. The number of benzene rings is 1. The molecule has 1 aromatic carbocycles. The van der Waals surface area contributed by atoms with Crippen molar-refractivity contribution in [2.45, 2.75) is 6.92 Å². The highest BCUT2D eigenvalue weighted by molar-refractivity contribution is 6.05. The van der Waals surface area contributed by atoms with Crippen molar-refractivity contribution >= 4 is 11.6 Å². The zero-order chi connectivity index (χ0) is 13.2. The molecular formula is C14H12N2O3. The van der Waals surface area contributed by atoms with Gasteiger partial charge in [-0.3, -0.25) is 9.78 Å². The molecule has 0 radical (unpaired) electrons. The van der Waals surface area contributed by atoms with E-state index in [0.717, 1.165) is 5.56 Å². The maximum Gasteiger partial charge on any atom is 0.257 e. The molecule has 0 aliphatic carbocycles. The van der Waals surface area contributed by atoms with E-state index in [4.69, 9.17) is 9.47 Å². The third-order valence-electron chi connectivity index (χ3n) is 2.91. The fourth-order valence-corrected chi connectivity index (χ4v) is 1.87. The topological polar surface area (TPSA) is 60.5 Å². The normalized spacial score (nSPS) is 12.3. The summed E-state index contributed by atoms with van der Waals surface area (Å²) >= 11 is 0. The SMILES string of the molecule is Cc1ccncc1C(=O)Nc1ccc2c(c1)OCO2. The first-order valence-electron chi connectivity index (χ1n) is 5.85. The molecule has 2 heterocycles. The lowest BCUT2D eigenvalue weighted by atomic mass is 10.1. The van der Waals surface area contributed by atoms with Crippen molar-refractivity contribution in [2.75, 3.05) is 12.1 Å². The van der Waals surface area contributed by atoms with Crippen molar-refractivity contribution in [1.82, 2.24) is 4.98 Å². The lowest BCUT2D eigenvalue weighted by molar-refractivity contribution is 0.102. The number of hydrogen-bond donors (Lipinski definition) is 1. The van der Waals surface area contributed by atoms with Gasteiger partial charge in [0.05, 0.1) is 5.56 Å². The number of aryl methyl sites for hydroxylation is 1. The Morgan fingerprint density at radius 1 is 1.26 bits per heavy atom. The summed E-state index contributed by atoms with van der Waals surface area (Å²) < 4.78 is 10.5. The molecular weight excluding hydrogens is 244 g/mol. The number of amides is 1. The Kier molecular flexibility index (Phi) is 2.79. The zero-order valence-corrected chi connectivity index (χ0v) is 10.3. The highest BCUT2D eigenvalue weighted by atomic mass is 16.7. The van der Waals surface area contributed by atoms with Gasteiger partial charge in [0, 0.05) is 24.1 Å². The van der Waals surface area contributed by atoms with Gasteiger partial charge in [0.1, 0.15) is 0 Å². The fourth-order valence-electron chi connectivity index (χ4n) is 1.87. The van der Waals surface area contributed by atoms with E-state index in [0.29, 0.717) is 22.7 Å². The number of fused-ring (bicyclic) bond motifs is 1. The zero-order valence-electron chi connectivity index (χ0n) is 10.3. The Labute approximate surface area is 110 Å². The van der Waals surface area contributed by atoms with Gasteiger partial charge in [-0.05, 0) is 30.7 Å². The van der Waals surface area contributed by atoms with Crippen LogP contribution < -0.4 is 14.8 Å². The van der Waals surface area contributed by atoms with E-state index in [1.165, 1.54) is 0 Å². The minimum absolute atomic E-state index is 0.190. The van der Waals surface area contributed by atoms with Crippen molar-refractivity contribution in [3.05, 3.63) is 47.8 Å². The molecule has 1 amide bonds. The van der Waals surface area contributed by atoms with Crippen molar-refractivity contribution in [2.24, 2.45) is 0 Å². The van der Waals surface area contributed by atoms with Crippen molar-refractivity contribution < 1.29 is 14.3 Å². The van der Waals surface area contributed by atoms with E-state index in [2.05, 4.69) is 10.3 Å². The quantitative estimate of drug-likeness (QED) is 0.896. The minimum atomic E-state index is -0.190. The highest BCUT2D eigenvalue weighted by Crippen LogP contribution is 2.34. The van der Waals surface area contributed by atoms with Crippen LogP contribution >= 0.6 is 0 Å². The molecule has 1 aromatic heterocycles. The summed E-state index contributed by atoms with van der Waals surface area (Å²) in [5, 5.41) is 2.81. The first-order valence-corrected chi connectivity index (χ1v) is 5.85. The van der Waals surface area contributed by atoms with Gasteiger partial charge in [-0.2, -0.15) is 0 Å². The van der Waals surface area contributed by atoms with Gasteiger partial charge in [-0.25, -0.2) is 0 Å². The molecule has 5 nitrogen and oxygen atoms in total. The molecule has 0 spiro atoms. The fraction of sp³-hybridized carbons (Fsp3) is 0.143. The van der Waals surface area contributed by atoms with Crippen LogP contribution in [0.3, 0.4) is 0 Å². The predicted octanol–water partition coefficient (Wildman–Crippen LogP) is 2.37. The summed E-state index contributed by atoms with van der Waals surface area (Å²) in [7, 11) is 0. The highest BCUT2D eigenvalue weighted by Gasteiger charge is 2.15. The Balaban J connectivity index is 1.82. The second-order valence-corrected chi connectivity index (χ2v) is 4.21. The average molecular weight is 256 g/mol. The van der Waals surface area contributed by atoms with Gasteiger partial charge in [0.25, 0.3) is 5.91 Å². The number of hydrogen-bond acceptors (Lipinski definition) is 4. The molecule has 0 unspecified atom stereocenters. The number of aromatic nitrogens is 1. The van der Waals surface area contributed by atoms with Gasteiger partial charge in [0.2, 0.25) is 6.79 Å². The maximum absolute atomic E-state index is 12.1. The maximum atomic E-state index is 12.1. The van der Waals surface area contributed by atoms with Crippen LogP contribution in [0.15, 0.2) is 36.7 Å². The molecule has 0 saturated carbocycles. The Morgan fingerprint density at radius 2 is 2.11 bits per heavy atom. The second-order valence-electron chi connectivity index (χ2n) is 4.21. The number of anilines is 1. The van der Waals surface area contributed by atoms with Crippen LogP contribution in [0.4, 0.5) is 5.69 Å². The third kappa shape index (κ3) is 2.22. The van der Waals surface area contributed by atoms with E-state index < -0.39 is 0 Å². The van der Waals surface area contributed by atoms with Gasteiger partial charge in [0.15, 0.2) is 11.5 Å². The number of nitrogens with zero attached hydrogens (tertiary/aromatic N) is 1. The first kappa shape index (κ1) is 11.5. The van der Waals surface area contributed by atoms with E-state index in [1.807, 2.05) is 6.92 Å². The van der Waals surface area contributed by atoms with Crippen LogP contribution in [0.25, 0.3) is 0 Å². The molecule has 0 saturated heterocycles. The van der Waals surface area contributed by atoms with E-state index in [9.17, 15) is 4.79 Å². The van der Waals surface area contributed by atoms with Gasteiger partial charge in [-0.1, -0.05) is 0 Å². The summed E-state index contributed by atoms with van der Waals surface area (Å²) in [6, 6.07) is 7.09. The van der Waals surface area contributed by atoms with Crippen LogP contribution in [0, 0.1) is 6.92 Å². The van der Waals surface area contributed by atoms with Crippen molar-refractivity contribution in [3.63, 3.8) is 0 Å². The van der Waals surface area contributed by atoms with Crippen LogP contribution in [-0.2, 0) is 0 Å². The van der Waals surface area contributed by atoms with Gasteiger partial charge >= 0.3 is 0 Å². The molecule has 19 heavy (non-hydrogen) atoms. The molecule has 0 fully saturated rings. The van der Waals surface area contributed by atoms with Crippen LogP contribution in [0.2, 0.25) is 0 Å². The van der Waals surface area contributed by atoms with Crippen LogP contribution in [0.5, 0.6) is 11.5 Å². The lowest BCUT2D eigenvalue weighted by Crippen LogP contribution is -2.13. The number of rotatable bonds is 2. The molecule has 0 atom stereocenters. The summed E-state index contributed by atoms with van der Waals surface area (Å²) in [4.78, 5) is 16.1. The summed E-state index contributed by atoms with van der Waals surface area (Å²) in [5.74, 6) is 1.14. The van der Waals surface area contributed by atoms with Crippen LogP contribution in [-0.4, -0.2) is 17.7 Å². The van der Waals surface area contributed by atoms with Gasteiger partial charge in [-0.15, -0.1) is 0 Å². The summed E-state index contributed by atoms with van der Waals surface area (Å²) in [5.41, 5.74) is 2.10. The third-order valence-corrected chi connectivity index (χ3v) is 2.91. The molecule has 0 bridgehead atoms. The average Bonchev–Trinajstić information content (AvgIpc) is 2.86. The van der Waals surface area contributed by atoms with Crippen molar-refractivity contribution in [1.29, 1.82) is 0 Å². The smallest absolute Gasteiger partial charge is 0.257 e. The molecule has 2 aromatic rings. The molecule has 1 aliphatic rings. The van der Waals surface area contributed by atoms with Crippen molar-refractivity contribution in [3.8, 4) is 11.5 Å². The minimum Gasteiger partial charge on any atom is -0.454 e. The Bertz CT molecular complexity index is 640. The molecule has 3 rings (SSSR count). The number of carbonyl (C=O) groups excluding carboxylic acids is 1. The number of ether oxygens (including phenoxy) is 2. The Hall–Kier alpha value is -2.56. The van der Waals surface area contributed by atoms with Gasteiger partial charge < -0.3 is 14.8 Å².